The average Bonchev–Trinajstić information content (AvgIpc) is 3.15. The Morgan fingerprint density at radius 2 is 1.85 bits per heavy atom. The van der Waals surface area contributed by atoms with Crippen molar-refractivity contribution in [2.75, 3.05) is 0 Å². The molecule has 2 aromatic carbocycles. The lowest BCUT2D eigenvalue weighted by Gasteiger charge is -2.05. The summed E-state index contributed by atoms with van der Waals surface area (Å²) in [6.45, 7) is -0.181. The fraction of sp³-hybridized carbons (Fsp3) is 0.0526. The summed E-state index contributed by atoms with van der Waals surface area (Å²) in [5.41, 5.74) is 1.18. The number of para-hydroxylation sites is 1. The highest BCUT2D eigenvalue weighted by Gasteiger charge is 2.15. The van der Waals surface area contributed by atoms with Gasteiger partial charge in [0.15, 0.2) is 6.61 Å². The summed E-state index contributed by atoms with van der Waals surface area (Å²) in [4.78, 5) is 31.0. The summed E-state index contributed by atoms with van der Waals surface area (Å²) in [6.07, 6.45) is 0. The molecule has 7 heteroatoms. The molecule has 2 aromatic heterocycles. The van der Waals surface area contributed by atoms with Crippen LogP contribution in [0, 0.1) is 0 Å². The number of nitrogens with one attached hydrogen (secondary N) is 1. The monoisotopic (exact) mass is 347 g/mol. The van der Waals surface area contributed by atoms with E-state index in [0.717, 1.165) is 5.56 Å². The lowest BCUT2D eigenvalue weighted by Crippen LogP contribution is -2.13. The Morgan fingerprint density at radius 1 is 1.08 bits per heavy atom. The molecule has 0 saturated heterocycles. The molecule has 0 amide bonds. The SMILES string of the molecule is O=C(OCc1nc(-c2ccccc2)no1)c1cc(=O)[nH]c2ccccc12. The summed E-state index contributed by atoms with van der Waals surface area (Å²) in [5, 5.41) is 4.47. The van der Waals surface area contributed by atoms with Gasteiger partial charge < -0.3 is 14.2 Å². The first-order valence-corrected chi connectivity index (χ1v) is 7.88. The van der Waals surface area contributed by atoms with E-state index in [9.17, 15) is 9.59 Å². The maximum Gasteiger partial charge on any atom is 0.339 e. The van der Waals surface area contributed by atoms with E-state index >= 15 is 0 Å². The Hall–Kier alpha value is -3.74. The topological polar surface area (TPSA) is 98.1 Å². The Balaban J connectivity index is 1.53. The van der Waals surface area contributed by atoms with Gasteiger partial charge in [0.1, 0.15) is 0 Å². The van der Waals surface area contributed by atoms with Gasteiger partial charge in [-0.1, -0.05) is 53.7 Å². The predicted octanol–water partition coefficient (Wildman–Crippen LogP) is 2.94. The Labute approximate surface area is 147 Å². The van der Waals surface area contributed by atoms with E-state index in [1.54, 1.807) is 24.3 Å². The van der Waals surface area contributed by atoms with Crippen molar-refractivity contribution in [3.05, 3.63) is 82.5 Å². The number of benzene rings is 2. The second-order valence-electron chi connectivity index (χ2n) is 5.55. The van der Waals surface area contributed by atoms with Crippen LogP contribution in [0.25, 0.3) is 22.3 Å². The second-order valence-corrected chi connectivity index (χ2v) is 5.55. The van der Waals surface area contributed by atoms with Crippen molar-refractivity contribution in [2.24, 2.45) is 0 Å². The maximum absolute atomic E-state index is 12.4. The third kappa shape index (κ3) is 3.10. The second kappa shape index (κ2) is 6.64. The largest absolute Gasteiger partial charge is 0.452 e. The van der Waals surface area contributed by atoms with E-state index in [2.05, 4.69) is 15.1 Å². The van der Waals surface area contributed by atoms with Crippen molar-refractivity contribution in [2.45, 2.75) is 6.61 Å². The summed E-state index contributed by atoms with van der Waals surface area (Å²) in [5.74, 6) is -0.0450. The molecule has 1 N–H and O–H groups in total. The van der Waals surface area contributed by atoms with Gasteiger partial charge in [-0.25, -0.2) is 4.79 Å². The van der Waals surface area contributed by atoms with Crippen molar-refractivity contribution < 1.29 is 14.1 Å². The number of fused-ring (bicyclic) bond motifs is 1. The fourth-order valence-corrected chi connectivity index (χ4v) is 2.60. The molecule has 0 aliphatic carbocycles. The van der Waals surface area contributed by atoms with Gasteiger partial charge in [-0.3, -0.25) is 4.79 Å². The number of carbonyl (C=O) groups excluding carboxylic acids is 1. The average molecular weight is 347 g/mol. The maximum atomic E-state index is 12.4. The van der Waals surface area contributed by atoms with Gasteiger partial charge in [0.2, 0.25) is 11.4 Å². The summed E-state index contributed by atoms with van der Waals surface area (Å²) in [6, 6.07) is 17.5. The Morgan fingerprint density at radius 3 is 2.69 bits per heavy atom. The lowest BCUT2D eigenvalue weighted by molar-refractivity contribution is 0.0432. The van der Waals surface area contributed by atoms with Crippen LogP contribution in [0.1, 0.15) is 16.2 Å². The molecule has 0 fully saturated rings. The molecule has 0 aliphatic rings. The number of carbonyl (C=O) groups is 1. The minimum Gasteiger partial charge on any atom is -0.452 e. The zero-order chi connectivity index (χ0) is 17.9. The highest BCUT2D eigenvalue weighted by atomic mass is 16.6. The van der Waals surface area contributed by atoms with Crippen LogP contribution in [-0.2, 0) is 11.3 Å². The molecule has 0 atom stereocenters. The molecule has 4 rings (SSSR count). The third-order valence-corrected chi connectivity index (χ3v) is 3.80. The van der Waals surface area contributed by atoms with Crippen LogP contribution in [0.2, 0.25) is 0 Å². The highest BCUT2D eigenvalue weighted by molar-refractivity contribution is 6.03. The number of hydrogen-bond donors (Lipinski definition) is 1. The molecule has 2 heterocycles. The van der Waals surface area contributed by atoms with E-state index < -0.39 is 5.97 Å². The first-order valence-electron chi connectivity index (χ1n) is 7.88. The minimum absolute atomic E-state index is 0.173. The smallest absolute Gasteiger partial charge is 0.339 e. The van der Waals surface area contributed by atoms with Gasteiger partial charge in [0.25, 0.3) is 5.89 Å². The van der Waals surface area contributed by atoms with Crippen LogP contribution in [0.3, 0.4) is 0 Å². The lowest BCUT2D eigenvalue weighted by atomic mass is 10.1. The normalized spacial score (nSPS) is 10.8. The standard InChI is InChI=1S/C19H13N3O4/c23-16-10-14(13-8-4-5-9-15(13)20-16)19(24)25-11-17-21-18(22-26-17)12-6-2-1-3-7-12/h1-10H,11H2,(H,20,23). The molecule has 0 bridgehead atoms. The number of H-pyrrole nitrogens is 1. The molecule has 0 spiro atoms. The van der Waals surface area contributed by atoms with E-state index in [0.29, 0.717) is 16.7 Å². The molecule has 0 unspecified atom stereocenters. The third-order valence-electron chi connectivity index (χ3n) is 3.80. The van der Waals surface area contributed by atoms with Crippen LogP contribution in [0.15, 0.2) is 70.0 Å². The number of rotatable bonds is 4. The van der Waals surface area contributed by atoms with E-state index in [1.165, 1.54) is 6.07 Å². The molecular formula is C19H13N3O4. The molecule has 0 radical (unpaired) electrons. The summed E-state index contributed by atoms with van der Waals surface area (Å²) in [7, 11) is 0. The van der Waals surface area contributed by atoms with Crippen LogP contribution in [-0.4, -0.2) is 21.1 Å². The zero-order valence-electron chi connectivity index (χ0n) is 13.5. The molecule has 0 saturated carbocycles. The molecule has 4 aromatic rings. The number of pyridine rings is 1. The van der Waals surface area contributed by atoms with E-state index in [4.69, 9.17) is 9.26 Å². The van der Waals surface area contributed by atoms with Crippen LogP contribution >= 0.6 is 0 Å². The predicted molar refractivity (Wildman–Crippen MR) is 93.4 cm³/mol. The number of hydrogen-bond acceptors (Lipinski definition) is 6. The van der Waals surface area contributed by atoms with Gasteiger partial charge in [-0.2, -0.15) is 4.98 Å². The molecular weight excluding hydrogens is 334 g/mol. The highest BCUT2D eigenvalue weighted by Crippen LogP contribution is 2.17. The van der Waals surface area contributed by atoms with E-state index in [1.807, 2.05) is 30.3 Å². The fourth-order valence-electron chi connectivity index (χ4n) is 2.60. The van der Waals surface area contributed by atoms with Crippen LogP contribution in [0.4, 0.5) is 0 Å². The van der Waals surface area contributed by atoms with Gasteiger partial charge in [0, 0.05) is 22.5 Å². The van der Waals surface area contributed by atoms with Crippen molar-refractivity contribution in [1.29, 1.82) is 0 Å². The first kappa shape index (κ1) is 15.8. The van der Waals surface area contributed by atoms with Crippen molar-refractivity contribution >= 4 is 16.9 Å². The van der Waals surface area contributed by atoms with Gasteiger partial charge in [0.05, 0.1) is 5.56 Å². The minimum atomic E-state index is -0.633. The number of aromatic nitrogens is 3. The zero-order valence-corrected chi connectivity index (χ0v) is 13.5. The van der Waals surface area contributed by atoms with Crippen molar-refractivity contribution in [3.63, 3.8) is 0 Å². The van der Waals surface area contributed by atoms with E-state index in [-0.39, 0.29) is 23.6 Å². The molecule has 0 aliphatic heterocycles. The number of aromatic amines is 1. The molecule has 128 valence electrons. The summed E-state index contributed by atoms with van der Waals surface area (Å²) >= 11 is 0. The van der Waals surface area contributed by atoms with Crippen molar-refractivity contribution in [1.82, 2.24) is 15.1 Å². The molecule has 26 heavy (non-hydrogen) atoms. The number of nitrogens with zero attached hydrogens (tertiary/aromatic N) is 2. The van der Waals surface area contributed by atoms with Gasteiger partial charge in [-0.15, -0.1) is 0 Å². The summed E-state index contributed by atoms with van der Waals surface area (Å²) < 4.78 is 10.3. The van der Waals surface area contributed by atoms with Crippen LogP contribution in [0.5, 0.6) is 0 Å². The van der Waals surface area contributed by atoms with Gasteiger partial charge >= 0.3 is 5.97 Å². The van der Waals surface area contributed by atoms with Crippen molar-refractivity contribution in [3.8, 4) is 11.4 Å². The first-order chi connectivity index (χ1) is 12.7. The Bertz CT molecular complexity index is 1130. The quantitative estimate of drug-likeness (QED) is 0.570. The van der Waals surface area contributed by atoms with Gasteiger partial charge in [-0.05, 0) is 6.07 Å². The molecule has 7 nitrogen and oxygen atoms in total. The van der Waals surface area contributed by atoms with Crippen LogP contribution < -0.4 is 5.56 Å². The number of ether oxygens (including phenoxy) is 1. The Kier molecular flexibility index (Phi) is 4.03. The number of esters is 1.